The van der Waals surface area contributed by atoms with E-state index in [1.165, 1.54) is 5.01 Å². The van der Waals surface area contributed by atoms with Gasteiger partial charge in [0.05, 0.1) is 21.6 Å². The second-order valence-corrected chi connectivity index (χ2v) is 9.98. The second kappa shape index (κ2) is 10.6. The zero-order valence-corrected chi connectivity index (χ0v) is 20.4. The fourth-order valence-corrected chi connectivity index (χ4v) is 5.33. The first-order valence-electron chi connectivity index (χ1n) is 11.1. The Morgan fingerprint density at radius 2 is 2.06 bits per heavy atom. The van der Waals surface area contributed by atoms with Crippen molar-refractivity contribution in [3.8, 4) is 0 Å². The van der Waals surface area contributed by atoms with Gasteiger partial charge in [-0.05, 0) is 44.2 Å². The van der Waals surface area contributed by atoms with Gasteiger partial charge in [0.1, 0.15) is 0 Å². The minimum absolute atomic E-state index is 0.0390. The summed E-state index contributed by atoms with van der Waals surface area (Å²) in [5.74, 6) is 1.97. The van der Waals surface area contributed by atoms with Gasteiger partial charge in [0.2, 0.25) is 5.78 Å². The molecule has 4 rings (SSSR count). The molecule has 0 fully saturated rings. The molecule has 0 aliphatic carbocycles. The number of aryl methyl sites for hydroxylation is 2. The van der Waals surface area contributed by atoms with E-state index < -0.39 is 0 Å². The largest absolute Gasteiger partial charge is 0.382 e. The molecule has 170 valence electrons. The zero-order valence-electron chi connectivity index (χ0n) is 18.8. The van der Waals surface area contributed by atoms with E-state index in [-0.39, 0.29) is 5.56 Å². The Hall–Kier alpha value is -2.23. The number of nitrogens with zero attached hydrogens (tertiary/aromatic N) is 5. The van der Waals surface area contributed by atoms with E-state index in [2.05, 4.69) is 29.4 Å². The predicted octanol–water partition coefficient (Wildman–Crippen LogP) is 4.81. The van der Waals surface area contributed by atoms with Crippen LogP contribution in [0, 0.1) is 5.92 Å². The number of aromatic nitrogens is 5. The van der Waals surface area contributed by atoms with Crippen LogP contribution < -0.4 is 5.56 Å². The molecule has 4 aromatic rings. The van der Waals surface area contributed by atoms with Crippen LogP contribution in [0.15, 0.2) is 39.6 Å². The van der Waals surface area contributed by atoms with Gasteiger partial charge in [0.25, 0.3) is 5.56 Å². The van der Waals surface area contributed by atoms with Crippen molar-refractivity contribution in [1.29, 1.82) is 0 Å². The Kier molecular flexibility index (Phi) is 7.59. The van der Waals surface area contributed by atoms with Crippen molar-refractivity contribution in [3.05, 3.63) is 50.7 Å². The van der Waals surface area contributed by atoms with Crippen LogP contribution in [0.3, 0.4) is 0 Å². The third-order valence-electron chi connectivity index (χ3n) is 5.24. The van der Waals surface area contributed by atoms with Gasteiger partial charge in [0.15, 0.2) is 5.16 Å². The molecule has 0 N–H and O–H groups in total. The Morgan fingerprint density at radius 1 is 1.22 bits per heavy atom. The number of thioether (sulfide) groups is 1. The van der Waals surface area contributed by atoms with Gasteiger partial charge in [-0.1, -0.05) is 37.7 Å². The maximum Gasteiger partial charge on any atom is 0.262 e. The van der Waals surface area contributed by atoms with Crippen LogP contribution in [0.4, 0.5) is 0 Å². The second-order valence-electron chi connectivity index (χ2n) is 8.10. The summed E-state index contributed by atoms with van der Waals surface area (Å²) in [6.07, 6.45) is 2.93. The highest BCUT2D eigenvalue weighted by Gasteiger charge is 2.17. The molecule has 9 heteroatoms. The number of thiazole rings is 1. The lowest BCUT2D eigenvalue weighted by atomic mass is 10.1. The molecule has 3 heterocycles. The number of rotatable bonds is 11. The SMILES string of the molecule is CCOCCCn1c(=O)c2ccccc2n2c(SCc3csc(CCC(C)C)n3)nnc12. The van der Waals surface area contributed by atoms with Crippen molar-refractivity contribution in [3.63, 3.8) is 0 Å². The number of benzene rings is 1. The highest BCUT2D eigenvalue weighted by Crippen LogP contribution is 2.26. The fraction of sp³-hybridized carbons (Fsp3) is 0.478. The minimum atomic E-state index is -0.0390. The van der Waals surface area contributed by atoms with Crippen LogP contribution >= 0.6 is 23.1 Å². The molecule has 0 amide bonds. The first-order valence-corrected chi connectivity index (χ1v) is 13.0. The van der Waals surface area contributed by atoms with Gasteiger partial charge in [0, 0.05) is 30.9 Å². The van der Waals surface area contributed by atoms with Crippen molar-refractivity contribution in [2.24, 2.45) is 5.92 Å². The maximum atomic E-state index is 13.1. The van der Waals surface area contributed by atoms with Crippen LogP contribution in [0.25, 0.3) is 16.7 Å². The Labute approximate surface area is 195 Å². The van der Waals surface area contributed by atoms with Gasteiger partial charge in [-0.25, -0.2) is 4.98 Å². The molecule has 7 nitrogen and oxygen atoms in total. The van der Waals surface area contributed by atoms with E-state index in [0.29, 0.717) is 36.8 Å². The number of para-hydroxylation sites is 1. The van der Waals surface area contributed by atoms with Crippen LogP contribution in [0.2, 0.25) is 0 Å². The van der Waals surface area contributed by atoms with E-state index in [4.69, 9.17) is 9.72 Å². The molecule has 1 aromatic carbocycles. The zero-order chi connectivity index (χ0) is 22.5. The molecular formula is C23H29N5O2S2. The molecule has 0 aliphatic heterocycles. The minimum Gasteiger partial charge on any atom is -0.382 e. The molecular weight excluding hydrogens is 442 g/mol. The van der Waals surface area contributed by atoms with Crippen LogP contribution in [-0.4, -0.2) is 37.4 Å². The molecule has 0 radical (unpaired) electrons. The lowest BCUT2D eigenvalue weighted by Crippen LogP contribution is -2.24. The molecule has 0 bridgehead atoms. The third-order valence-corrected chi connectivity index (χ3v) is 7.16. The summed E-state index contributed by atoms with van der Waals surface area (Å²) < 4.78 is 9.16. The third kappa shape index (κ3) is 5.05. The first kappa shape index (κ1) is 22.9. The van der Waals surface area contributed by atoms with Crippen LogP contribution in [0.5, 0.6) is 0 Å². The Balaban J connectivity index is 1.61. The summed E-state index contributed by atoms with van der Waals surface area (Å²) >= 11 is 3.33. The standard InChI is InChI=1S/C23H29N5O2S2/c1-4-30-13-7-12-27-21(29)18-8-5-6-9-19(18)28-22(27)25-26-23(28)32-15-17-14-31-20(24-17)11-10-16(2)3/h5-6,8-9,14,16H,4,7,10-13,15H2,1-3H3. The fourth-order valence-electron chi connectivity index (χ4n) is 3.58. The lowest BCUT2D eigenvalue weighted by Gasteiger charge is -2.11. The number of hydrogen-bond acceptors (Lipinski definition) is 7. The number of hydrogen-bond donors (Lipinski definition) is 0. The highest BCUT2D eigenvalue weighted by molar-refractivity contribution is 7.98. The first-order chi connectivity index (χ1) is 15.6. The summed E-state index contributed by atoms with van der Waals surface area (Å²) in [7, 11) is 0. The highest BCUT2D eigenvalue weighted by atomic mass is 32.2. The average Bonchev–Trinajstić information content (AvgIpc) is 3.43. The van der Waals surface area contributed by atoms with Crippen molar-refractivity contribution in [2.75, 3.05) is 13.2 Å². The van der Waals surface area contributed by atoms with Crippen molar-refractivity contribution in [2.45, 2.75) is 57.5 Å². The van der Waals surface area contributed by atoms with E-state index in [1.807, 2.05) is 35.6 Å². The summed E-state index contributed by atoms with van der Waals surface area (Å²) in [6.45, 7) is 8.27. The normalized spacial score (nSPS) is 11.9. The molecule has 0 spiro atoms. The average molecular weight is 472 g/mol. The van der Waals surface area contributed by atoms with Gasteiger partial charge in [-0.15, -0.1) is 21.5 Å². The molecule has 0 saturated carbocycles. The molecule has 3 aromatic heterocycles. The molecule has 0 saturated heterocycles. The summed E-state index contributed by atoms with van der Waals surface area (Å²) in [5, 5.41) is 13.6. The van der Waals surface area contributed by atoms with Crippen molar-refractivity contribution >= 4 is 39.8 Å². The maximum absolute atomic E-state index is 13.1. The van der Waals surface area contributed by atoms with Gasteiger partial charge >= 0.3 is 0 Å². The van der Waals surface area contributed by atoms with Crippen molar-refractivity contribution in [1.82, 2.24) is 24.1 Å². The Morgan fingerprint density at radius 3 is 2.88 bits per heavy atom. The van der Waals surface area contributed by atoms with Gasteiger partial charge in [-0.3, -0.25) is 13.8 Å². The topological polar surface area (TPSA) is 74.3 Å². The molecule has 0 aliphatic rings. The van der Waals surface area contributed by atoms with Crippen LogP contribution in [0.1, 0.15) is 44.3 Å². The molecule has 0 atom stereocenters. The molecule has 32 heavy (non-hydrogen) atoms. The smallest absolute Gasteiger partial charge is 0.262 e. The van der Waals surface area contributed by atoms with Crippen LogP contribution in [-0.2, 0) is 23.5 Å². The summed E-state index contributed by atoms with van der Waals surface area (Å²) in [5.41, 5.74) is 1.85. The van der Waals surface area contributed by atoms with E-state index in [1.54, 1.807) is 27.7 Å². The summed E-state index contributed by atoms with van der Waals surface area (Å²) in [4.78, 5) is 17.9. The summed E-state index contributed by atoms with van der Waals surface area (Å²) in [6, 6.07) is 7.66. The number of fused-ring (bicyclic) bond motifs is 3. The van der Waals surface area contributed by atoms with Gasteiger partial charge in [-0.2, -0.15) is 0 Å². The quantitative estimate of drug-likeness (QED) is 0.231. The predicted molar refractivity (Wildman–Crippen MR) is 131 cm³/mol. The Bertz CT molecular complexity index is 1240. The van der Waals surface area contributed by atoms with E-state index in [9.17, 15) is 4.79 Å². The van der Waals surface area contributed by atoms with Gasteiger partial charge < -0.3 is 4.74 Å². The lowest BCUT2D eigenvalue weighted by molar-refractivity contribution is 0.141. The van der Waals surface area contributed by atoms with E-state index >= 15 is 0 Å². The van der Waals surface area contributed by atoms with Crippen molar-refractivity contribution < 1.29 is 4.74 Å². The van der Waals surface area contributed by atoms with E-state index in [0.717, 1.165) is 41.4 Å². The molecule has 0 unspecified atom stereocenters. The number of ether oxygens (including phenoxy) is 1. The monoisotopic (exact) mass is 471 g/mol.